The zero-order chi connectivity index (χ0) is 11.0. The molecular weight excluding hydrogens is 201 g/mol. The molecule has 80 valence electrons. The first-order valence-electron chi connectivity index (χ1n) is 3.26. The van der Waals surface area contributed by atoms with Gasteiger partial charge in [-0.2, -0.15) is 0 Å². The average molecular weight is 215 g/mol. The van der Waals surface area contributed by atoms with Gasteiger partial charge in [-0.1, -0.05) is 0 Å². The molecule has 0 heterocycles. The zero-order valence-corrected chi connectivity index (χ0v) is 8.30. The maximum atomic E-state index is 9.86. The van der Waals surface area contributed by atoms with Gasteiger partial charge in [-0.05, 0) is 6.92 Å². The lowest BCUT2D eigenvalue weighted by Gasteiger charge is -2.06. The van der Waals surface area contributed by atoms with E-state index >= 15 is 0 Å². The van der Waals surface area contributed by atoms with E-state index in [2.05, 4.69) is 4.52 Å². The third-order valence-corrected chi connectivity index (χ3v) is 1.33. The highest BCUT2D eigenvalue weighted by Crippen LogP contribution is 2.09. The lowest BCUT2D eigenvalue weighted by atomic mass is 10.2. The predicted molar refractivity (Wildman–Crippen MR) is 45.5 cm³/mol. The second-order valence-corrected chi connectivity index (χ2v) is 3.01. The van der Waals surface area contributed by atoms with Crippen molar-refractivity contribution in [3.8, 4) is 0 Å². The van der Waals surface area contributed by atoms with Gasteiger partial charge in [-0.3, -0.25) is 9.36 Å². The Labute approximate surface area is 76.1 Å². The number of aliphatic hydroxyl groups is 1. The van der Waals surface area contributed by atoms with Crippen molar-refractivity contribution >= 4 is 14.2 Å². The van der Waals surface area contributed by atoms with Gasteiger partial charge in [-0.15, -0.1) is 0 Å². The maximum absolute atomic E-state index is 9.86. The van der Waals surface area contributed by atoms with Crippen molar-refractivity contribution in [1.29, 1.82) is 0 Å². The smallest absolute Gasteiger partial charge is 0.323 e. The number of hydrogen-bond acceptors (Lipinski definition) is 5. The molecule has 5 N–H and O–H groups in total. The summed E-state index contributed by atoms with van der Waals surface area (Å²) in [6.07, 6.45) is -0.979. The van der Waals surface area contributed by atoms with Gasteiger partial charge in [0.2, 0.25) is 0 Å². The van der Waals surface area contributed by atoms with Crippen LogP contribution < -0.4 is 5.73 Å². The van der Waals surface area contributed by atoms with Crippen molar-refractivity contribution in [3.05, 3.63) is 0 Å². The van der Waals surface area contributed by atoms with Crippen LogP contribution in [0.1, 0.15) is 6.92 Å². The summed E-state index contributed by atoms with van der Waals surface area (Å²) in [5, 5.41) is 16.6. The summed E-state index contributed by atoms with van der Waals surface area (Å²) in [6, 6.07) is -1.16. The second-order valence-electron chi connectivity index (χ2n) is 2.07. The number of aliphatic carboxylic acids is 1. The molecular formula is C5H14NO6P. The summed E-state index contributed by atoms with van der Waals surface area (Å²) in [5.41, 5.74) is 4.91. The molecule has 0 spiro atoms. The monoisotopic (exact) mass is 215 g/mol. The quantitative estimate of drug-likeness (QED) is 0.434. The molecule has 0 fully saturated rings. The Bertz CT molecular complexity index is 172. The molecule has 0 amide bonds. The first-order valence-corrected chi connectivity index (χ1v) is 4.52. The summed E-state index contributed by atoms with van der Waals surface area (Å²) in [5.74, 6) is -1.18. The molecule has 0 saturated heterocycles. The molecule has 3 unspecified atom stereocenters. The summed E-state index contributed by atoms with van der Waals surface area (Å²) in [6.45, 7) is 1.33. The van der Waals surface area contributed by atoms with Gasteiger partial charge in [-0.25, -0.2) is 0 Å². The van der Waals surface area contributed by atoms with Gasteiger partial charge < -0.3 is 25.4 Å². The Kier molecular flexibility index (Phi) is 9.43. The normalized spacial score (nSPS) is 16.4. The molecule has 0 saturated carbocycles. The van der Waals surface area contributed by atoms with E-state index in [1.54, 1.807) is 0 Å². The van der Waals surface area contributed by atoms with E-state index in [9.17, 15) is 9.36 Å². The molecule has 0 rings (SSSR count). The van der Waals surface area contributed by atoms with Gasteiger partial charge in [0.1, 0.15) is 6.04 Å². The summed E-state index contributed by atoms with van der Waals surface area (Å²) in [4.78, 5) is 17.5. The summed E-state index contributed by atoms with van der Waals surface area (Å²) >= 11 is 0. The van der Waals surface area contributed by atoms with E-state index in [0.717, 1.165) is 0 Å². The Morgan fingerprint density at radius 3 is 1.92 bits per heavy atom. The fourth-order valence-electron chi connectivity index (χ4n) is 0.206. The van der Waals surface area contributed by atoms with E-state index in [1.807, 2.05) is 0 Å². The largest absolute Gasteiger partial charge is 0.480 e. The molecule has 3 atom stereocenters. The average Bonchev–Trinajstić information content (AvgIpc) is 2.03. The van der Waals surface area contributed by atoms with Crippen LogP contribution >= 0.6 is 8.25 Å². The zero-order valence-electron chi connectivity index (χ0n) is 7.30. The van der Waals surface area contributed by atoms with E-state index < -0.39 is 26.4 Å². The minimum atomic E-state index is -2.62. The second kappa shape index (κ2) is 8.15. The predicted octanol–water partition coefficient (Wildman–Crippen LogP) is -1.21. The molecule has 0 aromatic carbocycles. The van der Waals surface area contributed by atoms with Crippen LogP contribution in [0.3, 0.4) is 0 Å². The van der Waals surface area contributed by atoms with Crippen LogP contribution in [0.5, 0.6) is 0 Å². The standard InChI is InChI=1S/C4H9NO3.CH5O3P/c1-2(6)3(5)4(7)8;1-4-5(2)3/h2-3,6H,5H2,1H3,(H,7,8);5H,1H3,(H,2,3). The minimum absolute atomic E-state index is 0.979. The Balaban J connectivity index is 0. The molecule has 0 aliphatic rings. The molecule has 0 aromatic heterocycles. The highest BCUT2D eigenvalue weighted by Gasteiger charge is 2.16. The number of rotatable bonds is 3. The highest BCUT2D eigenvalue weighted by molar-refractivity contribution is 7.32. The molecule has 0 radical (unpaired) electrons. The van der Waals surface area contributed by atoms with Crippen LogP contribution in [0.15, 0.2) is 0 Å². The number of nitrogens with two attached hydrogens (primary N) is 1. The fraction of sp³-hybridized carbons (Fsp3) is 0.800. The molecule has 0 aliphatic carbocycles. The lowest BCUT2D eigenvalue weighted by molar-refractivity contribution is -0.140. The lowest BCUT2D eigenvalue weighted by Crippen LogP contribution is -2.39. The van der Waals surface area contributed by atoms with Crippen LogP contribution in [-0.4, -0.2) is 40.3 Å². The van der Waals surface area contributed by atoms with Crippen molar-refractivity contribution in [2.45, 2.75) is 19.1 Å². The number of carboxylic acid groups (broad SMARTS) is 1. The fourth-order valence-corrected chi connectivity index (χ4v) is 0.206. The van der Waals surface area contributed by atoms with Crippen LogP contribution in [0.4, 0.5) is 0 Å². The Morgan fingerprint density at radius 1 is 1.62 bits per heavy atom. The van der Waals surface area contributed by atoms with E-state index in [-0.39, 0.29) is 0 Å². The Hall–Kier alpha value is -0.460. The highest BCUT2D eigenvalue weighted by atomic mass is 31.1. The first kappa shape index (κ1) is 15.0. The van der Waals surface area contributed by atoms with Crippen molar-refractivity contribution in [2.24, 2.45) is 5.73 Å². The molecule has 0 aromatic rings. The number of carbonyl (C=O) groups is 1. The van der Waals surface area contributed by atoms with E-state index in [4.69, 9.17) is 20.8 Å². The van der Waals surface area contributed by atoms with Crippen LogP contribution in [0, 0.1) is 0 Å². The Morgan fingerprint density at radius 2 is 1.92 bits per heavy atom. The van der Waals surface area contributed by atoms with E-state index in [1.165, 1.54) is 14.0 Å². The van der Waals surface area contributed by atoms with Crippen molar-refractivity contribution in [3.63, 3.8) is 0 Å². The molecule has 0 bridgehead atoms. The van der Waals surface area contributed by atoms with Gasteiger partial charge in [0, 0.05) is 7.11 Å². The van der Waals surface area contributed by atoms with E-state index in [0.29, 0.717) is 0 Å². The molecule has 7 nitrogen and oxygen atoms in total. The number of hydrogen-bond donors (Lipinski definition) is 4. The van der Waals surface area contributed by atoms with Gasteiger partial charge in [0.15, 0.2) is 0 Å². The van der Waals surface area contributed by atoms with Gasteiger partial charge >= 0.3 is 14.2 Å². The number of aliphatic hydroxyl groups excluding tert-OH is 1. The van der Waals surface area contributed by atoms with Crippen molar-refractivity contribution in [2.75, 3.05) is 7.11 Å². The molecule has 8 heteroatoms. The topological polar surface area (TPSA) is 130 Å². The third kappa shape index (κ3) is 11.5. The SMILES string of the molecule is CC(O)C(N)C(=O)O.CO[PH](=O)O. The van der Waals surface area contributed by atoms with Crippen molar-refractivity contribution < 1.29 is 29.0 Å². The third-order valence-electron chi connectivity index (χ3n) is 0.979. The van der Waals surface area contributed by atoms with Crippen LogP contribution in [0.2, 0.25) is 0 Å². The van der Waals surface area contributed by atoms with Gasteiger partial charge in [0.25, 0.3) is 0 Å². The number of carboxylic acids is 1. The molecule has 13 heavy (non-hydrogen) atoms. The van der Waals surface area contributed by atoms with Crippen LogP contribution in [0.25, 0.3) is 0 Å². The minimum Gasteiger partial charge on any atom is -0.480 e. The molecule has 0 aliphatic heterocycles. The van der Waals surface area contributed by atoms with Crippen LogP contribution in [-0.2, 0) is 13.9 Å². The van der Waals surface area contributed by atoms with Gasteiger partial charge in [0.05, 0.1) is 6.10 Å². The van der Waals surface area contributed by atoms with Crippen molar-refractivity contribution in [1.82, 2.24) is 0 Å². The summed E-state index contributed by atoms with van der Waals surface area (Å²) in [7, 11) is -1.44. The first-order chi connectivity index (χ1) is 5.82. The maximum Gasteiger partial charge on any atom is 0.323 e. The summed E-state index contributed by atoms with van der Waals surface area (Å²) < 4.78 is 13.2.